The fourth-order valence-electron chi connectivity index (χ4n) is 4.15. The first-order valence-corrected chi connectivity index (χ1v) is 16.3. The van der Waals surface area contributed by atoms with Gasteiger partial charge in [0.2, 0.25) is 0 Å². The van der Waals surface area contributed by atoms with Gasteiger partial charge in [-0.2, -0.15) is 0 Å². The minimum Gasteiger partial charge on any atom is -0.477 e. The van der Waals surface area contributed by atoms with E-state index in [0.29, 0.717) is 19.3 Å². The van der Waals surface area contributed by atoms with Gasteiger partial charge in [0.1, 0.15) is 6.61 Å². The molecule has 250 valence electrons. The topological polar surface area (TPSA) is 99.1 Å². The third-order valence-electron chi connectivity index (χ3n) is 6.66. The lowest BCUT2D eigenvalue weighted by molar-refractivity contribution is -0.887. The van der Waals surface area contributed by atoms with Crippen molar-refractivity contribution < 1.29 is 38.2 Å². The fourth-order valence-corrected chi connectivity index (χ4v) is 4.15. The number of carboxylic acid groups (broad SMARTS) is 1. The molecule has 0 amide bonds. The number of quaternary nitrogens is 1. The van der Waals surface area contributed by atoms with Crippen molar-refractivity contribution in [2.75, 3.05) is 41.0 Å². The van der Waals surface area contributed by atoms with Crippen LogP contribution in [-0.2, 0) is 28.6 Å². The molecule has 8 heteroatoms. The number of nitrogens with zero attached hydrogens (tertiary/aromatic N) is 1. The highest BCUT2D eigenvalue weighted by molar-refractivity contribution is 5.72. The first-order valence-electron chi connectivity index (χ1n) is 16.3. The van der Waals surface area contributed by atoms with Gasteiger partial charge in [-0.15, -0.1) is 0 Å². The van der Waals surface area contributed by atoms with Gasteiger partial charge in [0, 0.05) is 19.3 Å². The van der Waals surface area contributed by atoms with Crippen LogP contribution in [0.2, 0.25) is 0 Å². The minimum absolute atomic E-state index is 0.0288. The second-order valence-electron chi connectivity index (χ2n) is 11.6. The van der Waals surface area contributed by atoms with E-state index in [1.165, 1.54) is 0 Å². The van der Waals surface area contributed by atoms with Crippen molar-refractivity contribution in [2.24, 2.45) is 0 Å². The molecule has 2 unspecified atom stereocenters. The van der Waals surface area contributed by atoms with Gasteiger partial charge >= 0.3 is 17.9 Å². The largest absolute Gasteiger partial charge is 0.477 e. The zero-order chi connectivity index (χ0) is 32.9. The summed E-state index contributed by atoms with van der Waals surface area (Å²) in [5.74, 6) is -1.60. The third-order valence-corrected chi connectivity index (χ3v) is 6.66. The summed E-state index contributed by atoms with van der Waals surface area (Å²) in [5, 5.41) is 9.53. The number of carbonyl (C=O) groups is 3. The number of aliphatic carboxylic acids is 1. The van der Waals surface area contributed by atoms with Crippen LogP contribution >= 0.6 is 0 Å². The van der Waals surface area contributed by atoms with Crippen LogP contribution in [0.1, 0.15) is 97.3 Å². The summed E-state index contributed by atoms with van der Waals surface area (Å²) in [6.45, 7) is 4.34. The Labute approximate surface area is 267 Å². The molecule has 0 radical (unpaired) electrons. The summed E-state index contributed by atoms with van der Waals surface area (Å²) in [5.41, 5.74) is 0. The molecule has 0 aromatic carbocycles. The smallest absolute Gasteiger partial charge is 0.362 e. The molecule has 0 spiro atoms. The van der Waals surface area contributed by atoms with Crippen LogP contribution in [0.3, 0.4) is 0 Å². The standard InChI is InChI=1S/C36H59NO7/c1-6-8-10-12-14-16-17-19-20-22-24-26-34(38)43-31-32(30-42-29-28-33(36(40)41)37(3,4)5)44-35(39)27-25-23-21-18-15-13-11-9-7-2/h8-11,14-16,18-20,32-33H,6-7,12-13,17,21-31H2,1-5H3/p+1/b10-8+,11-9+,16-14+,18-15+,20-19+. The summed E-state index contributed by atoms with van der Waals surface area (Å²) in [7, 11) is 5.47. The molecule has 0 rings (SSSR count). The van der Waals surface area contributed by atoms with E-state index >= 15 is 0 Å². The van der Waals surface area contributed by atoms with Crippen LogP contribution in [-0.4, -0.2) is 80.6 Å². The van der Waals surface area contributed by atoms with Crippen molar-refractivity contribution >= 4 is 17.9 Å². The molecule has 0 aliphatic heterocycles. The number of allylic oxidation sites excluding steroid dienone is 10. The maximum absolute atomic E-state index is 12.5. The monoisotopic (exact) mass is 618 g/mol. The highest BCUT2D eigenvalue weighted by Crippen LogP contribution is 2.10. The molecular weight excluding hydrogens is 558 g/mol. The molecule has 0 bridgehead atoms. The lowest BCUT2D eigenvalue weighted by Gasteiger charge is -2.31. The second kappa shape index (κ2) is 27.6. The van der Waals surface area contributed by atoms with E-state index in [1.54, 1.807) is 0 Å². The maximum atomic E-state index is 12.5. The number of likely N-dealkylation sites (N-methyl/N-ethyl adjacent to an activating group) is 1. The first kappa shape index (κ1) is 41.0. The van der Waals surface area contributed by atoms with Crippen molar-refractivity contribution in [1.82, 2.24) is 0 Å². The molecule has 8 nitrogen and oxygen atoms in total. The zero-order valence-electron chi connectivity index (χ0n) is 28.1. The molecule has 0 aliphatic rings. The summed E-state index contributed by atoms with van der Waals surface area (Å²) >= 11 is 0. The predicted molar refractivity (Wildman–Crippen MR) is 178 cm³/mol. The molecule has 0 saturated carbocycles. The molecule has 0 aliphatic carbocycles. The van der Waals surface area contributed by atoms with Crippen molar-refractivity contribution in [3.63, 3.8) is 0 Å². The summed E-state index contributed by atoms with van der Waals surface area (Å²) in [6, 6.07) is -0.626. The van der Waals surface area contributed by atoms with Crippen molar-refractivity contribution in [1.29, 1.82) is 0 Å². The van der Waals surface area contributed by atoms with Gasteiger partial charge in [0.15, 0.2) is 12.1 Å². The Morgan fingerprint density at radius 1 is 0.682 bits per heavy atom. The third kappa shape index (κ3) is 25.5. The van der Waals surface area contributed by atoms with Crippen LogP contribution < -0.4 is 0 Å². The SMILES string of the molecule is CC/C=C/C/C=C/C/C=C/CCCC(=O)OCC(COCCC(C(=O)O)[N+](C)(C)C)OC(=O)CCCC/C=C/C/C=C/CC. The van der Waals surface area contributed by atoms with Gasteiger partial charge in [-0.3, -0.25) is 9.59 Å². The number of ether oxygens (including phenoxy) is 3. The Balaban J connectivity index is 4.63. The molecule has 0 heterocycles. The van der Waals surface area contributed by atoms with E-state index in [1.807, 2.05) is 21.1 Å². The number of carboxylic acids is 1. The Kier molecular flexibility index (Phi) is 25.7. The average molecular weight is 619 g/mol. The van der Waals surface area contributed by atoms with Gasteiger partial charge in [-0.25, -0.2) is 4.79 Å². The van der Waals surface area contributed by atoms with E-state index in [0.717, 1.165) is 51.4 Å². The number of esters is 2. The Morgan fingerprint density at radius 2 is 1.20 bits per heavy atom. The number of hydrogen-bond acceptors (Lipinski definition) is 6. The number of rotatable bonds is 27. The second-order valence-corrected chi connectivity index (χ2v) is 11.6. The molecule has 0 fully saturated rings. The first-order chi connectivity index (χ1) is 21.1. The Morgan fingerprint density at radius 3 is 1.75 bits per heavy atom. The van der Waals surface area contributed by atoms with Crippen molar-refractivity contribution in [2.45, 2.75) is 109 Å². The van der Waals surface area contributed by atoms with Crippen LogP contribution in [0.15, 0.2) is 60.8 Å². The zero-order valence-corrected chi connectivity index (χ0v) is 28.1. The quantitative estimate of drug-likeness (QED) is 0.0440. The fraction of sp³-hybridized carbons (Fsp3) is 0.639. The summed E-state index contributed by atoms with van der Waals surface area (Å²) in [4.78, 5) is 36.5. The van der Waals surface area contributed by atoms with Crippen LogP contribution in [0.5, 0.6) is 0 Å². The number of carbonyl (C=O) groups excluding carboxylic acids is 2. The van der Waals surface area contributed by atoms with Crippen LogP contribution in [0.25, 0.3) is 0 Å². The van der Waals surface area contributed by atoms with Gasteiger partial charge in [-0.1, -0.05) is 74.6 Å². The Hall–Kier alpha value is -2.97. The molecule has 0 aromatic rings. The van der Waals surface area contributed by atoms with Gasteiger partial charge < -0.3 is 23.8 Å². The molecule has 0 aromatic heterocycles. The maximum Gasteiger partial charge on any atom is 0.362 e. The summed E-state index contributed by atoms with van der Waals surface area (Å²) < 4.78 is 17.0. The lowest BCUT2D eigenvalue weighted by atomic mass is 10.1. The van der Waals surface area contributed by atoms with Crippen LogP contribution in [0, 0.1) is 0 Å². The minimum atomic E-state index is -0.892. The normalized spacial score (nSPS) is 13.9. The van der Waals surface area contributed by atoms with E-state index in [4.69, 9.17) is 14.2 Å². The average Bonchev–Trinajstić information content (AvgIpc) is 2.96. The summed E-state index contributed by atoms with van der Waals surface area (Å²) in [6.07, 6.45) is 30.1. The van der Waals surface area contributed by atoms with E-state index in [-0.39, 0.29) is 49.1 Å². The highest BCUT2D eigenvalue weighted by atomic mass is 16.6. The molecule has 1 N–H and O–H groups in total. The number of unbranched alkanes of at least 4 members (excludes halogenated alkanes) is 3. The molecule has 44 heavy (non-hydrogen) atoms. The van der Waals surface area contributed by atoms with Crippen molar-refractivity contribution in [3.8, 4) is 0 Å². The lowest BCUT2D eigenvalue weighted by Crippen LogP contribution is -2.50. The van der Waals surface area contributed by atoms with E-state index in [9.17, 15) is 19.5 Å². The van der Waals surface area contributed by atoms with Gasteiger partial charge in [0.05, 0.1) is 34.4 Å². The van der Waals surface area contributed by atoms with E-state index in [2.05, 4.69) is 74.6 Å². The highest BCUT2D eigenvalue weighted by Gasteiger charge is 2.31. The molecule has 0 saturated heterocycles. The van der Waals surface area contributed by atoms with Gasteiger partial charge in [0.25, 0.3) is 0 Å². The van der Waals surface area contributed by atoms with Crippen molar-refractivity contribution in [3.05, 3.63) is 60.8 Å². The van der Waals surface area contributed by atoms with Gasteiger partial charge in [-0.05, 0) is 64.2 Å². The number of hydrogen-bond donors (Lipinski definition) is 1. The van der Waals surface area contributed by atoms with Crippen LogP contribution in [0.4, 0.5) is 0 Å². The predicted octanol–water partition coefficient (Wildman–Crippen LogP) is 7.51. The van der Waals surface area contributed by atoms with E-state index < -0.39 is 18.1 Å². The Bertz CT molecular complexity index is 912. The molecule has 2 atom stereocenters. The molecular formula is C36H60NO7+.